The summed E-state index contributed by atoms with van der Waals surface area (Å²) in [5.74, 6) is -0.327. The summed E-state index contributed by atoms with van der Waals surface area (Å²) in [7, 11) is 0. The molecule has 0 atom stereocenters. The minimum absolute atomic E-state index is 0.0167. The van der Waals surface area contributed by atoms with Crippen LogP contribution in [-0.2, 0) is 24.2 Å². The van der Waals surface area contributed by atoms with E-state index >= 15 is 0 Å². The van der Waals surface area contributed by atoms with E-state index in [4.69, 9.17) is 0 Å². The maximum absolute atomic E-state index is 13.5. The zero-order valence-corrected chi connectivity index (χ0v) is 10.5. The third-order valence-electron chi connectivity index (χ3n) is 3.57. The van der Waals surface area contributed by atoms with Crippen LogP contribution in [0.25, 0.3) is 0 Å². The van der Waals surface area contributed by atoms with Gasteiger partial charge in [-0.15, -0.1) is 0 Å². The van der Waals surface area contributed by atoms with Crippen molar-refractivity contribution in [1.82, 2.24) is 9.88 Å². The first-order chi connectivity index (χ1) is 9.24. The van der Waals surface area contributed by atoms with Gasteiger partial charge in [-0.3, -0.25) is 4.79 Å². The highest BCUT2D eigenvalue weighted by molar-refractivity contribution is 5.79. The fourth-order valence-corrected chi connectivity index (χ4v) is 2.48. The SMILES string of the molecule is O=C(Cc1ccccc1F)N1CCc2[nH]ccc2C1. The molecule has 0 saturated carbocycles. The van der Waals surface area contributed by atoms with E-state index in [9.17, 15) is 9.18 Å². The minimum atomic E-state index is -0.310. The predicted molar refractivity (Wildman–Crippen MR) is 70.0 cm³/mol. The lowest BCUT2D eigenvalue weighted by Crippen LogP contribution is -2.36. The lowest BCUT2D eigenvalue weighted by molar-refractivity contribution is -0.131. The van der Waals surface area contributed by atoms with Gasteiger partial charge in [-0.2, -0.15) is 0 Å². The molecule has 0 fully saturated rings. The number of nitrogens with zero attached hydrogens (tertiary/aromatic N) is 1. The van der Waals surface area contributed by atoms with Crippen molar-refractivity contribution in [1.29, 1.82) is 0 Å². The predicted octanol–water partition coefficient (Wildman–Crippen LogP) is 2.28. The fraction of sp³-hybridized carbons (Fsp3) is 0.267. The summed E-state index contributed by atoms with van der Waals surface area (Å²) in [6.07, 6.45) is 2.87. The molecule has 2 aromatic rings. The van der Waals surface area contributed by atoms with E-state index in [1.807, 2.05) is 12.3 Å². The van der Waals surface area contributed by atoms with Crippen LogP contribution in [0.15, 0.2) is 36.5 Å². The Morgan fingerprint density at radius 2 is 2.16 bits per heavy atom. The lowest BCUT2D eigenvalue weighted by Gasteiger charge is -2.27. The molecule has 3 nitrogen and oxygen atoms in total. The zero-order valence-electron chi connectivity index (χ0n) is 10.5. The summed E-state index contributed by atoms with van der Waals surface area (Å²) in [5.41, 5.74) is 2.83. The highest BCUT2D eigenvalue weighted by Gasteiger charge is 2.21. The third-order valence-corrected chi connectivity index (χ3v) is 3.57. The van der Waals surface area contributed by atoms with Crippen LogP contribution in [0.5, 0.6) is 0 Å². The smallest absolute Gasteiger partial charge is 0.227 e. The number of hydrogen-bond donors (Lipinski definition) is 1. The fourth-order valence-electron chi connectivity index (χ4n) is 2.48. The topological polar surface area (TPSA) is 36.1 Å². The molecule has 1 aromatic carbocycles. The number of nitrogens with one attached hydrogen (secondary N) is 1. The molecule has 0 spiro atoms. The first kappa shape index (κ1) is 12.0. The van der Waals surface area contributed by atoms with E-state index in [0.717, 1.165) is 12.0 Å². The van der Waals surface area contributed by atoms with Crippen molar-refractivity contribution in [3.05, 3.63) is 59.2 Å². The Hall–Kier alpha value is -2.10. The number of H-pyrrole nitrogens is 1. The average molecular weight is 258 g/mol. The van der Waals surface area contributed by atoms with E-state index < -0.39 is 0 Å². The van der Waals surface area contributed by atoms with Crippen molar-refractivity contribution in [3.63, 3.8) is 0 Å². The number of benzene rings is 1. The highest BCUT2D eigenvalue weighted by Crippen LogP contribution is 2.18. The molecule has 0 bridgehead atoms. The van der Waals surface area contributed by atoms with E-state index in [1.165, 1.54) is 11.8 Å². The number of carbonyl (C=O) groups is 1. The van der Waals surface area contributed by atoms with Crippen LogP contribution < -0.4 is 0 Å². The molecule has 98 valence electrons. The number of aromatic nitrogens is 1. The molecule has 0 radical (unpaired) electrons. The largest absolute Gasteiger partial charge is 0.365 e. The first-order valence-corrected chi connectivity index (χ1v) is 6.40. The Morgan fingerprint density at radius 3 is 3.00 bits per heavy atom. The molecule has 19 heavy (non-hydrogen) atoms. The summed E-state index contributed by atoms with van der Waals surface area (Å²) in [6.45, 7) is 1.31. The van der Waals surface area contributed by atoms with Crippen LogP contribution in [0, 0.1) is 5.82 Å². The second-order valence-electron chi connectivity index (χ2n) is 4.81. The van der Waals surface area contributed by atoms with Gasteiger partial charge in [-0.05, 0) is 23.3 Å². The van der Waals surface area contributed by atoms with Gasteiger partial charge in [0.25, 0.3) is 0 Å². The van der Waals surface area contributed by atoms with E-state index in [0.29, 0.717) is 18.7 Å². The van der Waals surface area contributed by atoms with Gasteiger partial charge in [0.15, 0.2) is 0 Å². The normalized spacial score (nSPS) is 14.3. The molecule has 1 aromatic heterocycles. The second kappa shape index (κ2) is 4.88. The number of hydrogen-bond acceptors (Lipinski definition) is 1. The number of rotatable bonds is 2. The summed E-state index contributed by atoms with van der Waals surface area (Å²) < 4.78 is 13.5. The van der Waals surface area contributed by atoms with Crippen LogP contribution in [0.3, 0.4) is 0 Å². The van der Waals surface area contributed by atoms with Crippen LogP contribution in [0.1, 0.15) is 16.8 Å². The molecule has 0 aliphatic carbocycles. The minimum Gasteiger partial charge on any atom is -0.365 e. The monoisotopic (exact) mass is 258 g/mol. The summed E-state index contributed by atoms with van der Waals surface area (Å²) in [6, 6.07) is 8.45. The number of fused-ring (bicyclic) bond motifs is 1. The van der Waals surface area contributed by atoms with Gasteiger partial charge in [0.05, 0.1) is 6.42 Å². The molecule has 3 rings (SSSR count). The summed E-state index contributed by atoms with van der Waals surface area (Å²) in [4.78, 5) is 17.2. The molecule has 2 heterocycles. The van der Waals surface area contributed by atoms with Gasteiger partial charge in [0.1, 0.15) is 5.82 Å². The van der Waals surface area contributed by atoms with Gasteiger partial charge in [-0.25, -0.2) is 4.39 Å². The standard InChI is InChI=1S/C15H15FN2O/c16-13-4-2-1-3-11(13)9-15(19)18-8-6-14-12(10-18)5-7-17-14/h1-5,7,17H,6,8-10H2. The maximum atomic E-state index is 13.5. The summed E-state index contributed by atoms with van der Waals surface area (Å²) in [5, 5.41) is 0. The lowest BCUT2D eigenvalue weighted by atomic mass is 10.1. The molecule has 1 aliphatic rings. The van der Waals surface area contributed by atoms with Crippen LogP contribution >= 0.6 is 0 Å². The number of amides is 1. The zero-order chi connectivity index (χ0) is 13.2. The Balaban J connectivity index is 1.71. The third kappa shape index (κ3) is 2.38. The molecule has 1 amide bonds. The van der Waals surface area contributed by atoms with Gasteiger partial charge in [-0.1, -0.05) is 18.2 Å². The molecular weight excluding hydrogens is 243 g/mol. The highest BCUT2D eigenvalue weighted by atomic mass is 19.1. The molecule has 0 saturated heterocycles. The van der Waals surface area contributed by atoms with Crippen molar-refractivity contribution in [2.45, 2.75) is 19.4 Å². The molecule has 4 heteroatoms. The quantitative estimate of drug-likeness (QED) is 0.881. The van der Waals surface area contributed by atoms with Gasteiger partial charge >= 0.3 is 0 Å². The van der Waals surface area contributed by atoms with E-state index in [-0.39, 0.29) is 18.1 Å². The van der Waals surface area contributed by atoms with Crippen molar-refractivity contribution in [3.8, 4) is 0 Å². The number of aromatic amines is 1. The van der Waals surface area contributed by atoms with Crippen molar-refractivity contribution in [2.75, 3.05) is 6.54 Å². The van der Waals surface area contributed by atoms with Crippen LogP contribution in [0.2, 0.25) is 0 Å². The average Bonchev–Trinajstić information content (AvgIpc) is 2.88. The molecule has 1 N–H and O–H groups in total. The Kier molecular flexibility index (Phi) is 3.07. The number of carbonyl (C=O) groups excluding carboxylic acids is 1. The van der Waals surface area contributed by atoms with Crippen LogP contribution in [0.4, 0.5) is 4.39 Å². The first-order valence-electron chi connectivity index (χ1n) is 6.40. The summed E-state index contributed by atoms with van der Waals surface area (Å²) >= 11 is 0. The number of halogens is 1. The van der Waals surface area contributed by atoms with Crippen molar-refractivity contribution < 1.29 is 9.18 Å². The van der Waals surface area contributed by atoms with Crippen LogP contribution in [-0.4, -0.2) is 22.3 Å². The van der Waals surface area contributed by atoms with E-state index in [2.05, 4.69) is 4.98 Å². The van der Waals surface area contributed by atoms with Crippen molar-refractivity contribution >= 4 is 5.91 Å². The Labute approximate surface area is 111 Å². The van der Waals surface area contributed by atoms with E-state index in [1.54, 1.807) is 23.1 Å². The maximum Gasteiger partial charge on any atom is 0.227 e. The molecular formula is C15H15FN2O. The van der Waals surface area contributed by atoms with Gasteiger partial charge < -0.3 is 9.88 Å². The van der Waals surface area contributed by atoms with Gasteiger partial charge in [0.2, 0.25) is 5.91 Å². The Morgan fingerprint density at radius 1 is 1.32 bits per heavy atom. The molecule has 0 unspecified atom stereocenters. The van der Waals surface area contributed by atoms with Gasteiger partial charge in [0, 0.05) is 31.4 Å². The second-order valence-corrected chi connectivity index (χ2v) is 4.81. The van der Waals surface area contributed by atoms with Crippen molar-refractivity contribution in [2.24, 2.45) is 0 Å². The molecule has 1 aliphatic heterocycles. The Bertz CT molecular complexity index is 606.